The van der Waals surface area contributed by atoms with Crippen LogP contribution in [0.4, 0.5) is 11.4 Å². The van der Waals surface area contributed by atoms with E-state index in [0.717, 1.165) is 22.8 Å². The minimum absolute atomic E-state index is 0.149. The van der Waals surface area contributed by atoms with E-state index in [4.69, 9.17) is 9.98 Å². The molecule has 1 spiro atoms. The summed E-state index contributed by atoms with van der Waals surface area (Å²) in [5.74, 6) is 0.320. The first kappa shape index (κ1) is 24.7. The van der Waals surface area contributed by atoms with Crippen LogP contribution in [0.25, 0.3) is 21.5 Å². The fourth-order valence-corrected chi connectivity index (χ4v) is 8.45. The summed E-state index contributed by atoms with van der Waals surface area (Å²) in [5, 5.41) is 5.18. The number of rotatable bonds is 2. The van der Waals surface area contributed by atoms with Crippen LogP contribution in [-0.2, 0) is 5.41 Å². The molecule has 9 rings (SSSR count). The molecule has 0 heterocycles. The third kappa shape index (κ3) is 3.13. The van der Waals surface area contributed by atoms with Crippen molar-refractivity contribution in [2.45, 2.75) is 44.9 Å². The summed E-state index contributed by atoms with van der Waals surface area (Å²) in [6, 6.07) is 40.3. The Morgan fingerprint density at radius 3 is 1.16 bits per heavy atom. The van der Waals surface area contributed by atoms with Crippen molar-refractivity contribution < 1.29 is 0 Å². The minimum atomic E-state index is -0.149. The van der Waals surface area contributed by atoms with Gasteiger partial charge in [-0.1, -0.05) is 97.1 Å². The van der Waals surface area contributed by atoms with Gasteiger partial charge in [-0.2, -0.15) is 0 Å². The van der Waals surface area contributed by atoms with Gasteiger partial charge in [0.1, 0.15) is 0 Å². The van der Waals surface area contributed by atoms with E-state index in [1.807, 2.05) is 0 Å². The Kier molecular flexibility index (Phi) is 4.96. The van der Waals surface area contributed by atoms with E-state index >= 15 is 0 Å². The molecule has 0 saturated heterocycles. The van der Waals surface area contributed by atoms with Crippen molar-refractivity contribution in [3.63, 3.8) is 0 Å². The molecule has 43 heavy (non-hydrogen) atoms. The lowest BCUT2D eigenvalue weighted by Gasteiger charge is -2.57. The number of nitrogens with zero attached hydrogens (tertiary/aromatic N) is 2. The zero-order valence-electron chi connectivity index (χ0n) is 24.9. The molecule has 2 atom stereocenters. The van der Waals surface area contributed by atoms with Crippen molar-refractivity contribution in [2.24, 2.45) is 9.98 Å². The third-order valence-corrected chi connectivity index (χ3v) is 10.4. The van der Waals surface area contributed by atoms with Crippen LogP contribution in [-0.4, -0.2) is 11.4 Å². The van der Waals surface area contributed by atoms with Crippen molar-refractivity contribution in [1.29, 1.82) is 0 Å². The summed E-state index contributed by atoms with van der Waals surface area (Å²) in [5.41, 5.74) is 14.8. The van der Waals surface area contributed by atoms with Crippen LogP contribution >= 0.6 is 0 Å². The maximum atomic E-state index is 5.63. The Morgan fingerprint density at radius 2 is 0.791 bits per heavy atom. The highest BCUT2D eigenvalue weighted by molar-refractivity contribution is 6.52. The van der Waals surface area contributed by atoms with Crippen LogP contribution in [0.1, 0.15) is 56.3 Å². The fourth-order valence-electron chi connectivity index (χ4n) is 8.45. The molecule has 0 amide bonds. The number of fused-ring (bicyclic) bond motifs is 6. The van der Waals surface area contributed by atoms with E-state index in [-0.39, 0.29) is 17.3 Å². The molecule has 3 aliphatic carbocycles. The predicted octanol–water partition coefficient (Wildman–Crippen LogP) is 10.3. The first-order valence-corrected chi connectivity index (χ1v) is 15.3. The lowest BCUT2D eigenvalue weighted by atomic mass is 9.43. The Bertz CT molecular complexity index is 2050. The van der Waals surface area contributed by atoms with Gasteiger partial charge in [0.15, 0.2) is 0 Å². The van der Waals surface area contributed by atoms with Gasteiger partial charge in [0.25, 0.3) is 0 Å². The monoisotopic (exact) mass is 552 g/mol. The third-order valence-electron chi connectivity index (χ3n) is 10.4. The molecule has 0 bridgehead atoms. The number of para-hydroxylation sites is 2. The Labute approximate surface area is 252 Å². The van der Waals surface area contributed by atoms with Crippen molar-refractivity contribution in [1.82, 2.24) is 0 Å². The van der Waals surface area contributed by atoms with Gasteiger partial charge in [-0.05, 0) is 106 Å². The van der Waals surface area contributed by atoms with E-state index in [0.29, 0.717) is 0 Å². The van der Waals surface area contributed by atoms with Gasteiger partial charge in [-0.15, -0.1) is 0 Å². The molecule has 0 N–H and O–H groups in total. The molecule has 0 aliphatic heterocycles. The van der Waals surface area contributed by atoms with Gasteiger partial charge in [-0.25, -0.2) is 0 Å². The lowest BCUT2D eigenvalue weighted by Crippen LogP contribution is -2.53. The zero-order chi connectivity index (χ0) is 29.0. The van der Waals surface area contributed by atoms with Gasteiger partial charge in [-0.3, -0.25) is 9.98 Å². The molecule has 6 aromatic rings. The van der Waals surface area contributed by atoms with E-state index in [9.17, 15) is 0 Å². The second-order valence-corrected chi connectivity index (χ2v) is 12.8. The average Bonchev–Trinajstić information content (AvgIpc) is 3.20. The number of aliphatic imine (C=N–C) groups is 2. The van der Waals surface area contributed by atoms with Crippen LogP contribution in [0.3, 0.4) is 0 Å². The number of hydrogen-bond acceptors (Lipinski definition) is 2. The van der Waals surface area contributed by atoms with Gasteiger partial charge < -0.3 is 0 Å². The molecule has 1 fully saturated rings. The molecular weight excluding hydrogens is 520 g/mol. The van der Waals surface area contributed by atoms with Gasteiger partial charge in [0.05, 0.1) is 22.8 Å². The Hall–Kier alpha value is -4.82. The summed E-state index contributed by atoms with van der Waals surface area (Å²) < 4.78 is 0. The topological polar surface area (TPSA) is 24.7 Å². The zero-order valence-corrected chi connectivity index (χ0v) is 24.9. The highest BCUT2D eigenvalue weighted by Crippen LogP contribution is 2.75. The van der Waals surface area contributed by atoms with Crippen LogP contribution in [0.5, 0.6) is 0 Å². The summed E-state index contributed by atoms with van der Waals surface area (Å²) in [6.07, 6.45) is 0. The lowest BCUT2D eigenvalue weighted by molar-refractivity contribution is 0.362. The van der Waals surface area contributed by atoms with Crippen LogP contribution < -0.4 is 0 Å². The molecular formula is C41H32N2. The minimum Gasteiger partial charge on any atom is -0.250 e. The van der Waals surface area contributed by atoms with E-state index in [2.05, 4.69) is 137 Å². The first-order chi connectivity index (χ1) is 21.0. The number of hydrogen-bond donors (Lipinski definition) is 0. The van der Waals surface area contributed by atoms with Crippen LogP contribution in [0.15, 0.2) is 119 Å². The van der Waals surface area contributed by atoms with E-state index < -0.39 is 0 Å². The molecule has 0 radical (unpaired) electrons. The molecule has 206 valence electrons. The van der Waals surface area contributed by atoms with Crippen molar-refractivity contribution in [3.8, 4) is 0 Å². The predicted molar refractivity (Wildman–Crippen MR) is 180 cm³/mol. The SMILES string of the molecule is Cc1cccc(C)c1/N=C1/C(=N/c2c(C)cccc2C)C2c3cc4ccccc4cc3C23c2cc4ccccc4cc2C13. The Morgan fingerprint density at radius 1 is 0.442 bits per heavy atom. The summed E-state index contributed by atoms with van der Waals surface area (Å²) in [7, 11) is 0. The van der Waals surface area contributed by atoms with E-state index in [1.54, 1.807) is 0 Å². The van der Waals surface area contributed by atoms with Crippen molar-refractivity contribution in [2.75, 3.05) is 0 Å². The first-order valence-electron chi connectivity index (χ1n) is 15.3. The number of aryl methyl sites for hydroxylation is 4. The van der Waals surface area contributed by atoms with Gasteiger partial charge in [0.2, 0.25) is 0 Å². The summed E-state index contributed by atoms with van der Waals surface area (Å²) in [4.78, 5) is 11.3. The highest BCUT2D eigenvalue weighted by Gasteiger charge is 2.72. The normalized spacial score (nSPS) is 23.1. The van der Waals surface area contributed by atoms with Crippen LogP contribution in [0.2, 0.25) is 0 Å². The maximum absolute atomic E-state index is 5.63. The second-order valence-electron chi connectivity index (χ2n) is 12.8. The molecule has 0 aromatic heterocycles. The molecule has 3 aliphatic rings. The smallest absolute Gasteiger partial charge is 0.0720 e. The highest BCUT2D eigenvalue weighted by atomic mass is 14.9. The summed E-state index contributed by atoms with van der Waals surface area (Å²) in [6.45, 7) is 8.71. The molecule has 2 nitrogen and oxygen atoms in total. The Balaban J connectivity index is 1.41. The average molecular weight is 553 g/mol. The standard InChI is InChI=1S/C41H32N2/c1-23-11-9-12-24(2)37(23)42-39-35-31-19-27-15-5-7-17-29(27)21-33(31)41(35)34-22-30-18-8-6-16-28(30)20-32(34)36(41)40(39)43-38-25(3)13-10-14-26(38)4/h5-22,35-36H,1-4H3/b42-39+,43-40+. The maximum Gasteiger partial charge on any atom is 0.0720 e. The van der Waals surface area contributed by atoms with Crippen molar-refractivity contribution in [3.05, 3.63) is 154 Å². The van der Waals surface area contributed by atoms with Crippen LogP contribution in [0, 0.1) is 27.7 Å². The molecule has 6 aromatic carbocycles. The molecule has 2 unspecified atom stereocenters. The molecule has 1 saturated carbocycles. The number of benzene rings is 6. The second kappa shape index (κ2) is 8.61. The molecule has 2 heteroatoms. The summed E-state index contributed by atoms with van der Waals surface area (Å²) >= 11 is 0. The largest absolute Gasteiger partial charge is 0.250 e. The fraction of sp³-hybridized carbons (Fsp3) is 0.171. The quantitative estimate of drug-likeness (QED) is 0.204. The van der Waals surface area contributed by atoms with Gasteiger partial charge >= 0.3 is 0 Å². The van der Waals surface area contributed by atoms with Gasteiger partial charge in [0, 0.05) is 17.3 Å². The van der Waals surface area contributed by atoms with E-state index in [1.165, 1.54) is 66.1 Å². The van der Waals surface area contributed by atoms with Crippen molar-refractivity contribution >= 4 is 44.3 Å².